The predicted octanol–water partition coefficient (Wildman–Crippen LogP) is 5.46. The quantitative estimate of drug-likeness (QED) is 0.490. The number of imide groups is 1. The van der Waals surface area contributed by atoms with Crippen LogP contribution < -0.4 is 5.32 Å². The summed E-state index contributed by atoms with van der Waals surface area (Å²) in [7, 11) is 0. The van der Waals surface area contributed by atoms with Crippen LogP contribution in [0.4, 0.5) is 10.5 Å². The van der Waals surface area contributed by atoms with Crippen LogP contribution in [0, 0.1) is 18.3 Å². The van der Waals surface area contributed by atoms with Gasteiger partial charge in [-0.15, -0.1) is 0 Å². The van der Waals surface area contributed by atoms with Crippen molar-refractivity contribution in [3.05, 3.63) is 81.4 Å². The largest absolute Gasteiger partial charge is 0.457 e. The molecule has 0 unspecified atom stereocenters. The molecule has 3 amide bonds. The number of benzene rings is 2. The van der Waals surface area contributed by atoms with E-state index in [4.69, 9.17) is 16.0 Å². The molecular formula is C24H16ClN3O4S. The summed E-state index contributed by atoms with van der Waals surface area (Å²) in [5.41, 5.74) is 2.42. The molecule has 0 spiro atoms. The van der Waals surface area contributed by atoms with Gasteiger partial charge in [0.15, 0.2) is 0 Å². The summed E-state index contributed by atoms with van der Waals surface area (Å²) in [5, 5.41) is 11.8. The third kappa shape index (κ3) is 4.85. The zero-order valence-corrected chi connectivity index (χ0v) is 18.9. The van der Waals surface area contributed by atoms with E-state index in [0.29, 0.717) is 33.4 Å². The van der Waals surface area contributed by atoms with Crippen molar-refractivity contribution in [2.24, 2.45) is 0 Å². The van der Waals surface area contributed by atoms with Crippen LogP contribution in [0.1, 0.15) is 16.9 Å². The van der Waals surface area contributed by atoms with E-state index in [1.165, 1.54) is 6.08 Å². The summed E-state index contributed by atoms with van der Waals surface area (Å²) >= 11 is 6.79. The number of hydrogen-bond acceptors (Lipinski definition) is 6. The average molecular weight is 478 g/mol. The molecule has 0 bridgehead atoms. The van der Waals surface area contributed by atoms with E-state index in [9.17, 15) is 19.6 Å². The highest BCUT2D eigenvalue weighted by Crippen LogP contribution is 2.33. The second-order valence-electron chi connectivity index (χ2n) is 7.14. The van der Waals surface area contributed by atoms with E-state index in [2.05, 4.69) is 11.4 Å². The fraction of sp³-hybridized carbons (Fsp3) is 0.0833. The third-order valence-electron chi connectivity index (χ3n) is 4.84. The number of rotatable bonds is 5. The fourth-order valence-corrected chi connectivity index (χ4v) is 4.15. The Hall–Kier alpha value is -3.80. The average Bonchev–Trinajstić information content (AvgIpc) is 3.36. The van der Waals surface area contributed by atoms with Gasteiger partial charge in [-0.1, -0.05) is 29.8 Å². The van der Waals surface area contributed by atoms with E-state index < -0.39 is 23.6 Å². The lowest BCUT2D eigenvalue weighted by Gasteiger charge is -2.12. The number of anilines is 1. The number of nitriles is 1. The van der Waals surface area contributed by atoms with Gasteiger partial charge in [0.2, 0.25) is 5.91 Å². The summed E-state index contributed by atoms with van der Waals surface area (Å²) in [5.74, 6) is -0.292. The molecule has 2 aromatic carbocycles. The summed E-state index contributed by atoms with van der Waals surface area (Å²) in [6.07, 6.45) is 1.45. The van der Waals surface area contributed by atoms with Crippen LogP contribution in [-0.4, -0.2) is 28.5 Å². The highest BCUT2D eigenvalue weighted by Gasteiger charge is 2.36. The number of furan rings is 1. The number of aryl methyl sites for hydroxylation is 1. The molecular weight excluding hydrogens is 462 g/mol. The van der Waals surface area contributed by atoms with Gasteiger partial charge < -0.3 is 9.73 Å². The van der Waals surface area contributed by atoms with Gasteiger partial charge >= 0.3 is 0 Å². The number of halogens is 1. The van der Waals surface area contributed by atoms with Crippen LogP contribution >= 0.6 is 23.4 Å². The smallest absolute Gasteiger partial charge is 0.294 e. The van der Waals surface area contributed by atoms with E-state index >= 15 is 0 Å². The van der Waals surface area contributed by atoms with E-state index in [1.54, 1.807) is 54.6 Å². The predicted molar refractivity (Wildman–Crippen MR) is 126 cm³/mol. The summed E-state index contributed by atoms with van der Waals surface area (Å²) in [6.45, 7) is 1.41. The maximum atomic E-state index is 12.7. The zero-order chi connectivity index (χ0) is 23.5. The molecule has 33 heavy (non-hydrogen) atoms. The Morgan fingerprint density at radius 3 is 2.76 bits per heavy atom. The Morgan fingerprint density at radius 2 is 2.00 bits per heavy atom. The molecule has 2 heterocycles. The molecule has 1 fully saturated rings. The zero-order valence-electron chi connectivity index (χ0n) is 17.3. The highest BCUT2D eigenvalue weighted by atomic mass is 35.5. The first-order valence-electron chi connectivity index (χ1n) is 9.76. The van der Waals surface area contributed by atoms with Gasteiger partial charge in [0.25, 0.3) is 11.1 Å². The first kappa shape index (κ1) is 22.4. The molecule has 4 rings (SSSR count). The van der Waals surface area contributed by atoms with Crippen molar-refractivity contribution in [2.75, 3.05) is 11.9 Å². The summed E-state index contributed by atoms with van der Waals surface area (Å²) in [4.78, 5) is 38.4. The Bertz CT molecular complexity index is 1360. The Labute approximate surface area is 198 Å². The van der Waals surface area contributed by atoms with Crippen molar-refractivity contribution >= 4 is 52.2 Å². The number of hydrogen-bond donors (Lipinski definition) is 1. The molecule has 0 aliphatic carbocycles. The Balaban J connectivity index is 1.47. The van der Waals surface area contributed by atoms with Crippen molar-refractivity contribution in [3.8, 4) is 17.4 Å². The third-order valence-corrected chi connectivity index (χ3v) is 6.16. The molecule has 1 aromatic heterocycles. The highest BCUT2D eigenvalue weighted by molar-refractivity contribution is 8.18. The molecule has 1 aliphatic rings. The first-order chi connectivity index (χ1) is 15.9. The number of carbonyl (C=O) groups excluding carboxylic acids is 3. The van der Waals surface area contributed by atoms with Gasteiger partial charge in [-0.3, -0.25) is 19.3 Å². The van der Waals surface area contributed by atoms with Crippen LogP contribution in [0.25, 0.3) is 17.4 Å². The van der Waals surface area contributed by atoms with Crippen molar-refractivity contribution in [1.82, 2.24) is 4.90 Å². The number of carbonyl (C=O) groups is 3. The molecule has 0 saturated carbocycles. The van der Waals surface area contributed by atoms with Crippen LogP contribution in [0.15, 0.2) is 63.9 Å². The fourth-order valence-electron chi connectivity index (χ4n) is 3.15. The minimum absolute atomic E-state index is 0.139. The maximum absolute atomic E-state index is 12.7. The minimum atomic E-state index is -0.586. The molecule has 0 radical (unpaired) electrons. The van der Waals surface area contributed by atoms with Gasteiger partial charge in [-0.25, -0.2) is 0 Å². The van der Waals surface area contributed by atoms with Gasteiger partial charge in [0, 0.05) is 22.3 Å². The first-order valence-corrected chi connectivity index (χ1v) is 11.0. The monoisotopic (exact) mass is 477 g/mol. The second-order valence-corrected chi connectivity index (χ2v) is 8.54. The normalized spacial score (nSPS) is 14.6. The molecule has 1 aliphatic heterocycles. The van der Waals surface area contributed by atoms with Crippen molar-refractivity contribution < 1.29 is 18.8 Å². The molecule has 7 nitrogen and oxygen atoms in total. The number of amides is 3. The van der Waals surface area contributed by atoms with Gasteiger partial charge in [-0.05, 0) is 60.6 Å². The molecule has 1 saturated heterocycles. The van der Waals surface area contributed by atoms with Crippen molar-refractivity contribution in [3.63, 3.8) is 0 Å². The lowest BCUT2D eigenvalue weighted by atomic mass is 10.1. The topological polar surface area (TPSA) is 103 Å². The SMILES string of the molecule is Cc1ccc(NC(=O)CN2C(=O)S/C(=C/c3ccc(-c4ccccc4C#N)o3)C2=O)cc1Cl. The summed E-state index contributed by atoms with van der Waals surface area (Å²) in [6, 6.07) is 17.5. The van der Waals surface area contributed by atoms with Crippen LogP contribution in [0.2, 0.25) is 5.02 Å². The number of nitrogens with zero attached hydrogens (tertiary/aromatic N) is 2. The molecule has 9 heteroatoms. The number of nitrogens with one attached hydrogen (secondary N) is 1. The molecule has 164 valence electrons. The van der Waals surface area contributed by atoms with E-state index in [0.717, 1.165) is 22.2 Å². The van der Waals surface area contributed by atoms with E-state index in [-0.39, 0.29) is 4.91 Å². The van der Waals surface area contributed by atoms with Gasteiger partial charge in [0.1, 0.15) is 18.1 Å². The number of thioether (sulfide) groups is 1. The molecule has 3 aromatic rings. The lowest BCUT2D eigenvalue weighted by Crippen LogP contribution is -2.36. The lowest BCUT2D eigenvalue weighted by molar-refractivity contribution is -0.127. The van der Waals surface area contributed by atoms with Crippen molar-refractivity contribution in [2.45, 2.75) is 6.92 Å². The minimum Gasteiger partial charge on any atom is -0.457 e. The second kappa shape index (κ2) is 9.36. The molecule has 1 N–H and O–H groups in total. The van der Waals surface area contributed by atoms with Gasteiger partial charge in [-0.2, -0.15) is 5.26 Å². The van der Waals surface area contributed by atoms with Crippen LogP contribution in [0.5, 0.6) is 0 Å². The maximum Gasteiger partial charge on any atom is 0.294 e. The van der Waals surface area contributed by atoms with Crippen molar-refractivity contribution in [1.29, 1.82) is 5.26 Å². The Kier molecular flexibility index (Phi) is 6.36. The van der Waals surface area contributed by atoms with Gasteiger partial charge in [0.05, 0.1) is 16.5 Å². The molecule has 0 atom stereocenters. The standard InChI is InChI=1S/C24H16ClN3O4S/c1-14-6-7-16(10-19(14)25)27-22(29)13-28-23(30)21(33-24(28)31)11-17-8-9-20(32-17)18-5-3-2-4-15(18)12-26/h2-11H,13H2,1H3,(H,27,29)/b21-11+. The van der Waals surface area contributed by atoms with Crippen LogP contribution in [-0.2, 0) is 9.59 Å². The summed E-state index contributed by atoms with van der Waals surface area (Å²) < 4.78 is 5.76. The van der Waals surface area contributed by atoms with Crippen LogP contribution in [0.3, 0.4) is 0 Å². The van der Waals surface area contributed by atoms with E-state index in [1.807, 2.05) is 6.92 Å². The Morgan fingerprint density at radius 1 is 1.21 bits per heavy atom.